The average molecular weight is 328 g/mol. The second kappa shape index (κ2) is 7.42. The van der Waals surface area contributed by atoms with Crippen molar-refractivity contribution in [2.75, 3.05) is 6.54 Å². The first-order valence-corrected chi connectivity index (χ1v) is 9.82. The minimum absolute atomic E-state index is 0.451. The Morgan fingerprint density at radius 2 is 2.10 bits per heavy atom. The number of hydrogen-bond acceptors (Lipinski definition) is 5. The van der Waals surface area contributed by atoms with E-state index in [0.717, 1.165) is 22.6 Å². The predicted octanol–water partition coefficient (Wildman–Crippen LogP) is 4.52. The van der Waals surface area contributed by atoms with Crippen LogP contribution in [0, 0.1) is 18.3 Å². The molecule has 1 aliphatic carbocycles. The summed E-state index contributed by atoms with van der Waals surface area (Å²) in [5, 5.41) is 4.31. The van der Waals surface area contributed by atoms with Gasteiger partial charge in [-0.2, -0.15) is 4.37 Å². The third kappa shape index (κ3) is 4.42. The van der Waals surface area contributed by atoms with E-state index < -0.39 is 0 Å². The normalized spacial score (nSPS) is 27.0. The number of aromatic nitrogens is 2. The summed E-state index contributed by atoms with van der Waals surface area (Å²) in [5.74, 6) is 1.73. The van der Waals surface area contributed by atoms with Gasteiger partial charge in [-0.25, -0.2) is 4.98 Å². The Bertz CT molecular complexity index is 444. The third-order valence-electron chi connectivity index (χ3n) is 5.04. The molecular weight excluding hydrogens is 298 g/mol. The minimum atomic E-state index is 0.451. The molecule has 120 valence electrons. The third-order valence-corrected chi connectivity index (χ3v) is 7.27. The van der Waals surface area contributed by atoms with Crippen LogP contribution in [0.3, 0.4) is 0 Å². The zero-order valence-corrected chi connectivity index (χ0v) is 15.6. The van der Waals surface area contributed by atoms with Crippen molar-refractivity contribution in [1.82, 2.24) is 14.7 Å². The molecule has 1 aromatic heterocycles. The largest absolute Gasteiger partial charge is 0.313 e. The van der Waals surface area contributed by atoms with Crippen LogP contribution >= 0.6 is 23.3 Å². The Labute approximate surface area is 137 Å². The number of hydrogen-bond donors (Lipinski definition) is 1. The van der Waals surface area contributed by atoms with Gasteiger partial charge in [0.15, 0.2) is 4.34 Å². The van der Waals surface area contributed by atoms with Crippen molar-refractivity contribution in [2.24, 2.45) is 11.3 Å². The van der Waals surface area contributed by atoms with Gasteiger partial charge in [0.25, 0.3) is 0 Å². The summed E-state index contributed by atoms with van der Waals surface area (Å²) in [6.45, 7) is 12.4. The van der Waals surface area contributed by atoms with Crippen LogP contribution in [0.4, 0.5) is 0 Å². The van der Waals surface area contributed by atoms with E-state index in [4.69, 9.17) is 0 Å². The van der Waals surface area contributed by atoms with Gasteiger partial charge in [0.1, 0.15) is 5.82 Å². The topological polar surface area (TPSA) is 37.8 Å². The zero-order chi connectivity index (χ0) is 15.5. The van der Waals surface area contributed by atoms with Crippen molar-refractivity contribution in [2.45, 2.75) is 75.9 Å². The standard InChI is InChI=1S/C16H29N3S2/c1-6-16(4,5)12-8-9-13(17-7-2)14(10-12)20-15-18-11(3)19-21-15/h12-14,17H,6-10H2,1-5H3. The molecule has 0 amide bonds. The molecule has 0 saturated heterocycles. The first kappa shape index (κ1) is 17.2. The molecule has 0 spiro atoms. The summed E-state index contributed by atoms with van der Waals surface area (Å²) in [5.41, 5.74) is 0.451. The Morgan fingerprint density at radius 1 is 1.33 bits per heavy atom. The highest BCUT2D eigenvalue weighted by Gasteiger charge is 2.37. The molecule has 2 rings (SSSR count). The molecule has 3 nitrogen and oxygen atoms in total. The Balaban J connectivity index is 2.07. The van der Waals surface area contributed by atoms with Crippen LogP contribution in [0.15, 0.2) is 4.34 Å². The Morgan fingerprint density at radius 3 is 2.67 bits per heavy atom. The van der Waals surface area contributed by atoms with Crippen LogP contribution in [0.2, 0.25) is 0 Å². The Hall–Kier alpha value is -0.130. The lowest BCUT2D eigenvalue weighted by atomic mass is 9.68. The summed E-state index contributed by atoms with van der Waals surface area (Å²) in [6.07, 6.45) is 5.20. The van der Waals surface area contributed by atoms with E-state index in [0.29, 0.717) is 16.7 Å². The SMILES string of the molecule is CCNC1CCC(C(C)(C)CC)CC1Sc1nc(C)ns1. The van der Waals surface area contributed by atoms with E-state index in [9.17, 15) is 0 Å². The predicted molar refractivity (Wildman–Crippen MR) is 93.2 cm³/mol. The fourth-order valence-electron chi connectivity index (χ4n) is 3.21. The van der Waals surface area contributed by atoms with Gasteiger partial charge in [-0.3, -0.25) is 0 Å². The number of rotatable bonds is 6. The molecule has 0 bridgehead atoms. The second-order valence-corrected chi connectivity index (χ2v) is 9.02. The van der Waals surface area contributed by atoms with Crippen LogP contribution in [0.25, 0.3) is 0 Å². The van der Waals surface area contributed by atoms with E-state index >= 15 is 0 Å². The number of nitrogens with zero attached hydrogens (tertiary/aromatic N) is 2. The van der Waals surface area contributed by atoms with E-state index in [1.807, 2.05) is 18.7 Å². The molecular formula is C16H29N3S2. The summed E-state index contributed by atoms with van der Waals surface area (Å²) in [4.78, 5) is 4.55. The summed E-state index contributed by atoms with van der Waals surface area (Å²) < 4.78 is 5.46. The van der Waals surface area contributed by atoms with Gasteiger partial charge in [0, 0.05) is 11.3 Å². The van der Waals surface area contributed by atoms with Crippen molar-refractivity contribution in [3.8, 4) is 0 Å². The highest BCUT2D eigenvalue weighted by atomic mass is 32.2. The van der Waals surface area contributed by atoms with Crippen LogP contribution in [0.5, 0.6) is 0 Å². The molecule has 1 aliphatic rings. The summed E-state index contributed by atoms with van der Waals surface area (Å²) >= 11 is 3.50. The van der Waals surface area contributed by atoms with Gasteiger partial charge in [-0.05, 0) is 55.6 Å². The molecule has 0 aliphatic heterocycles. The smallest absolute Gasteiger partial charge is 0.170 e. The van der Waals surface area contributed by atoms with E-state index in [2.05, 4.69) is 42.4 Å². The zero-order valence-electron chi connectivity index (χ0n) is 14.0. The molecule has 1 fully saturated rings. The molecule has 3 atom stereocenters. The second-order valence-electron chi connectivity index (χ2n) is 6.78. The molecule has 1 N–H and O–H groups in total. The lowest BCUT2D eigenvalue weighted by Gasteiger charge is -2.42. The lowest BCUT2D eigenvalue weighted by molar-refractivity contribution is 0.141. The van der Waals surface area contributed by atoms with Crippen molar-refractivity contribution in [1.29, 1.82) is 0 Å². The molecule has 0 radical (unpaired) electrons. The average Bonchev–Trinajstić information content (AvgIpc) is 2.86. The lowest BCUT2D eigenvalue weighted by Crippen LogP contribution is -2.45. The monoisotopic (exact) mass is 327 g/mol. The number of aryl methyl sites for hydroxylation is 1. The van der Waals surface area contributed by atoms with Crippen molar-refractivity contribution < 1.29 is 0 Å². The highest BCUT2D eigenvalue weighted by Crippen LogP contribution is 2.45. The molecule has 1 heterocycles. The molecule has 1 saturated carbocycles. The quantitative estimate of drug-likeness (QED) is 0.833. The van der Waals surface area contributed by atoms with E-state index in [1.54, 1.807) is 11.5 Å². The minimum Gasteiger partial charge on any atom is -0.313 e. The maximum Gasteiger partial charge on any atom is 0.170 e. The van der Waals surface area contributed by atoms with Crippen LogP contribution < -0.4 is 5.32 Å². The summed E-state index contributed by atoms with van der Waals surface area (Å²) in [6, 6.07) is 0.619. The Kier molecular flexibility index (Phi) is 6.09. The highest BCUT2D eigenvalue weighted by molar-refractivity contribution is 8.01. The first-order valence-electron chi connectivity index (χ1n) is 8.16. The van der Waals surface area contributed by atoms with Crippen molar-refractivity contribution in [3.05, 3.63) is 5.82 Å². The van der Waals surface area contributed by atoms with Crippen molar-refractivity contribution in [3.63, 3.8) is 0 Å². The summed E-state index contributed by atoms with van der Waals surface area (Å²) in [7, 11) is 0. The molecule has 1 aromatic rings. The van der Waals surface area contributed by atoms with E-state index in [1.165, 1.54) is 25.7 Å². The number of nitrogens with one attached hydrogen (secondary N) is 1. The maximum absolute atomic E-state index is 4.55. The fraction of sp³-hybridized carbons (Fsp3) is 0.875. The van der Waals surface area contributed by atoms with Gasteiger partial charge in [0.2, 0.25) is 0 Å². The van der Waals surface area contributed by atoms with Crippen LogP contribution in [-0.4, -0.2) is 27.2 Å². The van der Waals surface area contributed by atoms with Gasteiger partial charge in [-0.15, -0.1) is 0 Å². The first-order chi connectivity index (χ1) is 9.96. The fourth-order valence-corrected chi connectivity index (χ4v) is 5.46. The van der Waals surface area contributed by atoms with Gasteiger partial charge < -0.3 is 5.32 Å². The van der Waals surface area contributed by atoms with Gasteiger partial charge in [0.05, 0.1) is 0 Å². The number of thioether (sulfide) groups is 1. The van der Waals surface area contributed by atoms with Gasteiger partial charge in [-0.1, -0.05) is 45.9 Å². The van der Waals surface area contributed by atoms with Crippen molar-refractivity contribution >= 4 is 23.3 Å². The van der Waals surface area contributed by atoms with Crippen LogP contribution in [0.1, 0.15) is 59.2 Å². The van der Waals surface area contributed by atoms with E-state index in [-0.39, 0.29) is 0 Å². The van der Waals surface area contributed by atoms with Gasteiger partial charge >= 0.3 is 0 Å². The molecule has 5 heteroatoms. The maximum atomic E-state index is 4.55. The molecule has 3 unspecified atom stereocenters. The van der Waals surface area contributed by atoms with Crippen LogP contribution in [-0.2, 0) is 0 Å². The molecule has 21 heavy (non-hydrogen) atoms. The molecule has 0 aromatic carbocycles.